The normalized spacial score (nSPS) is 14.2. The molecular formula is C27H23N3O6S. The molecule has 0 aliphatic carbocycles. The van der Waals surface area contributed by atoms with E-state index in [1.54, 1.807) is 42.5 Å². The minimum absolute atomic E-state index is 0.0134. The van der Waals surface area contributed by atoms with Gasteiger partial charge in [0.1, 0.15) is 18.9 Å². The number of hydrogen-bond acceptors (Lipinski definition) is 7. The molecule has 0 radical (unpaired) electrons. The smallest absolute Gasteiger partial charge is 0.294 e. The molecule has 1 aliphatic heterocycles. The number of nitrogens with one attached hydrogen (secondary N) is 1. The van der Waals surface area contributed by atoms with Gasteiger partial charge < -0.3 is 10.1 Å². The summed E-state index contributed by atoms with van der Waals surface area (Å²) in [5.74, 6) is -0.400. The van der Waals surface area contributed by atoms with Gasteiger partial charge in [0, 0.05) is 17.8 Å². The molecule has 188 valence electrons. The van der Waals surface area contributed by atoms with E-state index in [0.29, 0.717) is 17.0 Å². The van der Waals surface area contributed by atoms with E-state index in [1.165, 1.54) is 12.1 Å². The number of carbonyl (C=O) groups is 3. The molecule has 3 aromatic carbocycles. The van der Waals surface area contributed by atoms with Crippen LogP contribution in [0, 0.1) is 24.0 Å². The number of rotatable bonds is 8. The third-order valence-electron chi connectivity index (χ3n) is 5.57. The van der Waals surface area contributed by atoms with Crippen molar-refractivity contribution in [3.8, 4) is 5.75 Å². The number of benzene rings is 3. The number of anilines is 1. The first-order chi connectivity index (χ1) is 17.7. The fourth-order valence-electron chi connectivity index (χ4n) is 3.53. The van der Waals surface area contributed by atoms with Crippen molar-refractivity contribution in [3.63, 3.8) is 0 Å². The maximum Gasteiger partial charge on any atom is 0.294 e. The van der Waals surface area contributed by atoms with Crippen LogP contribution in [0.4, 0.5) is 16.2 Å². The summed E-state index contributed by atoms with van der Waals surface area (Å²) in [5, 5.41) is 13.0. The predicted octanol–water partition coefficient (Wildman–Crippen LogP) is 5.47. The first kappa shape index (κ1) is 25.6. The van der Waals surface area contributed by atoms with Gasteiger partial charge in [-0.15, -0.1) is 0 Å². The van der Waals surface area contributed by atoms with E-state index in [9.17, 15) is 24.5 Å². The van der Waals surface area contributed by atoms with Gasteiger partial charge in [0.2, 0.25) is 5.91 Å². The predicted molar refractivity (Wildman–Crippen MR) is 141 cm³/mol. The topological polar surface area (TPSA) is 119 Å². The minimum Gasteiger partial charge on any atom is -0.489 e. The summed E-state index contributed by atoms with van der Waals surface area (Å²) in [4.78, 5) is 49.2. The van der Waals surface area contributed by atoms with E-state index in [4.69, 9.17) is 4.74 Å². The van der Waals surface area contributed by atoms with Crippen LogP contribution in [0.5, 0.6) is 5.75 Å². The van der Waals surface area contributed by atoms with Gasteiger partial charge in [-0.3, -0.25) is 29.4 Å². The lowest BCUT2D eigenvalue weighted by molar-refractivity contribution is -0.384. The lowest BCUT2D eigenvalue weighted by Gasteiger charge is -2.14. The molecule has 1 fully saturated rings. The van der Waals surface area contributed by atoms with Gasteiger partial charge in [0.05, 0.1) is 9.83 Å². The maximum atomic E-state index is 12.8. The number of amides is 3. The molecule has 4 rings (SSSR count). The SMILES string of the molecule is Cc1ccc(C)c(NC(=O)CN2C(=O)S/C(=C/c3ccc(OCc4ccc([N+](=O)[O-])cc4)cc3)C2=O)c1. The average Bonchev–Trinajstić information content (AvgIpc) is 3.13. The van der Waals surface area contributed by atoms with Crippen LogP contribution in [0.3, 0.4) is 0 Å². The van der Waals surface area contributed by atoms with Crippen molar-refractivity contribution in [3.05, 3.63) is 104 Å². The highest BCUT2D eigenvalue weighted by molar-refractivity contribution is 8.18. The quantitative estimate of drug-likeness (QED) is 0.239. The molecule has 9 nitrogen and oxygen atoms in total. The highest BCUT2D eigenvalue weighted by Gasteiger charge is 2.36. The van der Waals surface area contributed by atoms with Crippen molar-refractivity contribution in [2.45, 2.75) is 20.5 Å². The average molecular weight is 518 g/mol. The summed E-state index contributed by atoms with van der Waals surface area (Å²) in [7, 11) is 0. The second-order valence-corrected chi connectivity index (χ2v) is 9.41. The van der Waals surface area contributed by atoms with Crippen LogP contribution >= 0.6 is 11.8 Å². The minimum atomic E-state index is -0.524. The second kappa shape index (κ2) is 11.1. The number of aryl methyl sites for hydroxylation is 2. The lowest BCUT2D eigenvalue weighted by atomic mass is 10.1. The molecule has 37 heavy (non-hydrogen) atoms. The number of hydrogen-bond donors (Lipinski definition) is 1. The Kier molecular flexibility index (Phi) is 7.69. The third kappa shape index (κ3) is 6.42. The van der Waals surface area contributed by atoms with Gasteiger partial charge in [-0.1, -0.05) is 24.3 Å². The fraction of sp³-hybridized carbons (Fsp3) is 0.148. The monoisotopic (exact) mass is 517 g/mol. The van der Waals surface area contributed by atoms with Gasteiger partial charge in [0.15, 0.2) is 0 Å². The number of imide groups is 1. The maximum absolute atomic E-state index is 12.8. The van der Waals surface area contributed by atoms with E-state index in [2.05, 4.69) is 5.32 Å². The lowest BCUT2D eigenvalue weighted by Crippen LogP contribution is -2.36. The molecule has 0 unspecified atom stereocenters. The van der Waals surface area contributed by atoms with Crippen LogP contribution < -0.4 is 10.1 Å². The van der Waals surface area contributed by atoms with Crippen LogP contribution in [0.15, 0.2) is 71.6 Å². The summed E-state index contributed by atoms with van der Waals surface area (Å²) in [6, 6.07) is 18.7. The Morgan fingerprint density at radius 2 is 1.76 bits per heavy atom. The van der Waals surface area contributed by atoms with Gasteiger partial charge >= 0.3 is 0 Å². The van der Waals surface area contributed by atoms with Crippen LogP contribution in [0.25, 0.3) is 6.08 Å². The molecule has 0 saturated carbocycles. The summed E-state index contributed by atoms with van der Waals surface area (Å²) < 4.78 is 5.71. The highest BCUT2D eigenvalue weighted by Crippen LogP contribution is 2.32. The van der Waals surface area contributed by atoms with Crippen molar-refractivity contribution >= 4 is 46.3 Å². The molecule has 0 atom stereocenters. The van der Waals surface area contributed by atoms with Crippen molar-refractivity contribution in [2.75, 3.05) is 11.9 Å². The van der Waals surface area contributed by atoms with E-state index < -0.39 is 22.0 Å². The number of non-ortho nitro benzene ring substituents is 1. The summed E-state index contributed by atoms with van der Waals surface area (Å²) in [5.41, 5.74) is 3.99. The number of ether oxygens (including phenoxy) is 1. The molecule has 1 aliphatic rings. The first-order valence-corrected chi connectivity index (χ1v) is 12.1. The highest BCUT2D eigenvalue weighted by atomic mass is 32.2. The molecule has 3 aromatic rings. The summed E-state index contributed by atoms with van der Waals surface area (Å²) in [6.07, 6.45) is 1.59. The molecule has 1 saturated heterocycles. The van der Waals surface area contributed by atoms with Gasteiger partial charge in [0.25, 0.3) is 16.8 Å². The largest absolute Gasteiger partial charge is 0.489 e. The Bertz CT molecular complexity index is 1400. The Morgan fingerprint density at radius 1 is 1.05 bits per heavy atom. The molecule has 0 bridgehead atoms. The number of nitrogens with zero attached hydrogens (tertiary/aromatic N) is 2. The van der Waals surface area contributed by atoms with Crippen molar-refractivity contribution < 1.29 is 24.0 Å². The number of carbonyl (C=O) groups excluding carboxylic acids is 3. The van der Waals surface area contributed by atoms with Crippen molar-refractivity contribution in [2.24, 2.45) is 0 Å². The third-order valence-corrected chi connectivity index (χ3v) is 6.48. The summed E-state index contributed by atoms with van der Waals surface area (Å²) in [6.45, 7) is 3.64. The van der Waals surface area contributed by atoms with E-state index in [-0.39, 0.29) is 23.7 Å². The number of nitro benzene ring substituents is 1. The Labute approximate surface area is 217 Å². The van der Waals surface area contributed by atoms with Crippen molar-refractivity contribution in [1.29, 1.82) is 0 Å². The summed E-state index contributed by atoms with van der Waals surface area (Å²) >= 11 is 0.785. The molecule has 1 N–H and O–H groups in total. The zero-order valence-electron chi connectivity index (χ0n) is 20.1. The van der Waals surface area contributed by atoms with Crippen LogP contribution in [0.1, 0.15) is 22.3 Å². The van der Waals surface area contributed by atoms with Crippen molar-refractivity contribution in [1.82, 2.24) is 4.90 Å². The van der Waals surface area contributed by atoms with Crippen LogP contribution in [0.2, 0.25) is 0 Å². The van der Waals surface area contributed by atoms with Gasteiger partial charge in [-0.25, -0.2) is 0 Å². The Hall–Kier alpha value is -4.44. The molecule has 0 aromatic heterocycles. The molecular weight excluding hydrogens is 494 g/mol. The van der Waals surface area contributed by atoms with E-state index in [0.717, 1.165) is 33.4 Å². The van der Waals surface area contributed by atoms with Crippen LogP contribution in [-0.2, 0) is 16.2 Å². The second-order valence-electron chi connectivity index (χ2n) is 8.42. The first-order valence-electron chi connectivity index (χ1n) is 11.3. The zero-order valence-corrected chi connectivity index (χ0v) is 20.9. The molecule has 0 spiro atoms. The standard InChI is InChI=1S/C27H23N3O6S/c1-17-3-4-18(2)23(13-17)28-25(31)15-29-26(32)24(37-27(29)33)14-19-7-11-22(12-8-19)36-16-20-5-9-21(10-6-20)30(34)35/h3-14H,15-16H2,1-2H3,(H,28,31)/b24-14+. The fourth-order valence-corrected chi connectivity index (χ4v) is 4.37. The number of nitro groups is 1. The molecule has 3 amide bonds. The van der Waals surface area contributed by atoms with Crippen LogP contribution in [-0.4, -0.2) is 33.4 Å². The Morgan fingerprint density at radius 3 is 2.43 bits per heavy atom. The molecule has 10 heteroatoms. The molecule has 1 heterocycles. The Balaban J connectivity index is 1.35. The van der Waals surface area contributed by atoms with E-state index in [1.807, 2.05) is 32.0 Å². The number of thioether (sulfide) groups is 1. The van der Waals surface area contributed by atoms with E-state index >= 15 is 0 Å². The zero-order chi connectivity index (χ0) is 26.5. The van der Waals surface area contributed by atoms with Gasteiger partial charge in [-0.2, -0.15) is 0 Å². The van der Waals surface area contributed by atoms with Gasteiger partial charge in [-0.05, 0) is 84.3 Å².